The Bertz CT molecular complexity index is 782. The van der Waals surface area contributed by atoms with E-state index < -0.39 is 0 Å². The van der Waals surface area contributed by atoms with E-state index in [2.05, 4.69) is 20.6 Å². The number of piperazine rings is 1. The van der Waals surface area contributed by atoms with Crippen molar-refractivity contribution in [3.8, 4) is 0 Å². The maximum Gasteiger partial charge on any atom is 0.277 e. The van der Waals surface area contributed by atoms with Gasteiger partial charge in [0.05, 0.1) is 18.4 Å². The van der Waals surface area contributed by atoms with Gasteiger partial charge in [0.25, 0.3) is 5.91 Å². The number of carbonyl (C=O) groups excluding carboxylic acids is 2. The number of aromatic nitrogens is 2. The fraction of sp³-hybridized carbons (Fsp3) is 0.412. The van der Waals surface area contributed by atoms with Crippen LogP contribution in [0.3, 0.4) is 0 Å². The summed E-state index contributed by atoms with van der Waals surface area (Å²) in [5.74, 6) is 1.37. The molecule has 25 heavy (non-hydrogen) atoms. The quantitative estimate of drug-likeness (QED) is 0.875. The zero-order valence-electron chi connectivity index (χ0n) is 13.7. The number of oxazole rings is 1. The minimum atomic E-state index is -0.318. The van der Waals surface area contributed by atoms with Gasteiger partial charge >= 0.3 is 0 Å². The number of hydrogen-bond donors (Lipinski definition) is 2. The molecule has 1 aliphatic heterocycles. The zero-order valence-corrected chi connectivity index (χ0v) is 13.7. The lowest BCUT2D eigenvalue weighted by Crippen LogP contribution is -2.48. The van der Waals surface area contributed by atoms with E-state index in [1.165, 1.54) is 12.7 Å². The fourth-order valence-corrected chi connectivity index (χ4v) is 2.91. The van der Waals surface area contributed by atoms with Crippen LogP contribution in [0.15, 0.2) is 29.0 Å². The molecule has 0 radical (unpaired) electrons. The van der Waals surface area contributed by atoms with E-state index >= 15 is 0 Å². The van der Waals surface area contributed by atoms with E-state index in [4.69, 9.17) is 4.42 Å². The number of pyridine rings is 1. The van der Waals surface area contributed by atoms with Crippen molar-refractivity contribution < 1.29 is 14.0 Å². The van der Waals surface area contributed by atoms with Crippen LogP contribution in [0.2, 0.25) is 0 Å². The molecule has 1 aliphatic carbocycles. The van der Waals surface area contributed by atoms with Crippen LogP contribution in [0.25, 0.3) is 0 Å². The number of carbonyl (C=O) groups is 2. The predicted octanol–water partition coefficient (Wildman–Crippen LogP) is 1.53. The Labute approximate surface area is 144 Å². The van der Waals surface area contributed by atoms with Crippen molar-refractivity contribution in [2.45, 2.75) is 25.2 Å². The molecule has 0 bridgehead atoms. The molecule has 8 nitrogen and oxygen atoms in total. The van der Waals surface area contributed by atoms with E-state index in [0.29, 0.717) is 42.9 Å². The van der Waals surface area contributed by atoms with Gasteiger partial charge in [-0.05, 0) is 25.0 Å². The van der Waals surface area contributed by atoms with Crippen LogP contribution < -0.4 is 15.5 Å². The zero-order chi connectivity index (χ0) is 17.2. The first kappa shape index (κ1) is 15.6. The predicted molar refractivity (Wildman–Crippen MR) is 90.5 cm³/mol. The number of hydrogen-bond acceptors (Lipinski definition) is 6. The van der Waals surface area contributed by atoms with Crippen LogP contribution in [-0.4, -0.2) is 41.4 Å². The summed E-state index contributed by atoms with van der Waals surface area (Å²) in [5, 5.41) is 5.54. The minimum absolute atomic E-state index is 0.0151. The van der Waals surface area contributed by atoms with Gasteiger partial charge in [-0.2, -0.15) is 0 Å². The molecule has 3 heterocycles. The van der Waals surface area contributed by atoms with Crippen LogP contribution >= 0.6 is 0 Å². The number of nitrogens with one attached hydrogen (secondary N) is 2. The highest BCUT2D eigenvalue weighted by Crippen LogP contribution is 2.35. The van der Waals surface area contributed by atoms with Gasteiger partial charge in [-0.15, -0.1) is 0 Å². The first-order valence-corrected chi connectivity index (χ1v) is 8.43. The van der Waals surface area contributed by atoms with Crippen LogP contribution in [0.4, 0.5) is 11.5 Å². The molecule has 2 aromatic heterocycles. The van der Waals surface area contributed by atoms with Crippen LogP contribution in [0.1, 0.15) is 41.6 Å². The van der Waals surface area contributed by atoms with Crippen LogP contribution in [0.5, 0.6) is 0 Å². The monoisotopic (exact) mass is 341 g/mol. The fourth-order valence-electron chi connectivity index (χ4n) is 2.91. The standard InChI is InChI=1S/C17H19N5O3/c23-15-9-22(7-6-18-15)14-5-4-12(8-19-14)20-16(24)13-10-25-17(21-13)11-2-1-3-11/h4-5,8,10-11H,1-3,6-7,9H2,(H,18,23)(H,20,24). The highest BCUT2D eigenvalue weighted by Gasteiger charge is 2.25. The molecule has 1 saturated carbocycles. The van der Waals surface area contributed by atoms with Gasteiger partial charge in [0.2, 0.25) is 5.91 Å². The van der Waals surface area contributed by atoms with Crippen molar-refractivity contribution in [3.05, 3.63) is 36.2 Å². The molecule has 0 atom stereocenters. The van der Waals surface area contributed by atoms with Gasteiger partial charge in [0.15, 0.2) is 11.6 Å². The second-order valence-electron chi connectivity index (χ2n) is 6.33. The molecule has 2 aromatic rings. The second kappa shape index (κ2) is 6.54. The number of anilines is 2. The Morgan fingerprint density at radius 3 is 2.92 bits per heavy atom. The SMILES string of the molecule is O=C1CN(c2ccc(NC(=O)c3coc(C4CCC4)n3)cn2)CCN1. The van der Waals surface area contributed by atoms with Gasteiger partial charge in [-0.3, -0.25) is 9.59 Å². The summed E-state index contributed by atoms with van der Waals surface area (Å²) in [4.78, 5) is 34.2. The average Bonchev–Trinajstić information content (AvgIpc) is 3.03. The van der Waals surface area contributed by atoms with Crippen molar-refractivity contribution in [1.82, 2.24) is 15.3 Å². The summed E-state index contributed by atoms with van der Waals surface area (Å²) in [6.45, 7) is 1.61. The maximum absolute atomic E-state index is 12.3. The van der Waals surface area contributed by atoms with E-state index in [1.807, 2.05) is 4.90 Å². The third kappa shape index (κ3) is 3.33. The largest absolute Gasteiger partial charge is 0.448 e. The number of amides is 2. The normalized spacial score (nSPS) is 17.8. The van der Waals surface area contributed by atoms with Crippen molar-refractivity contribution in [1.29, 1.82) is 0 Å². The van der Waals surface area contributed by atoms with E-state index in [0.717, 1.165) is 12.8 Å². The summed E-state index contributed by atoms with van der Waals surface area (Å²) in [6.07, 6.45) is 6.30. The van der Waals surface area contributed by atoms with Crippen LogP contribution in [0, 0.1) is 0 Å². The molecule has 8 heteroatoms. The molecule has 0 unspecified atom stereocenters. The molecule has 0 aromatic carbocycles. The highest BCUT2D eigenvalue weighted by atomic mass is 16.3. The molecule has 2 fully saturated rings. The Morgan fingerprint density at radius 1 is 1.36 bits per heavy atom. The Morgan fingerprint density at radius 2 is 2.24 bits per heavy atom. The van der Waals surface area contributed by atoms with Crippen molar-refractivity contribution in [3.63, 3.8) is 0 Å². The highest BCUT2D eigenvalue weighted by molar-refractivity contribution is 6.02. The van der Waals surface area contributed by atoms with E-state index in [9.17, 15) is 9.59 Å². The summed E-state index contributed by atoms with van der Waals surface area (Å²) in [6, 6.07) is 3.55. The summed E-state index contributed by atoms with van der Waals surface area (Å²) >= 11 is 0. The number of nitrogens with zero attached hydrogens (tertiary/aromatic N) is 3. The molecule has 1 saturated heterocycles. The van der Waals surface area contributed by atoms with Gasteiger partial charge in [-0.1, -0.05) is 6.42 Å². The summed E-state index contributed by atoms with van der Waals surface area (Å²) < 4.78 is 5.40. The molecule has 2 N–H and O–H groups in total. The first-order chi connectivity index (χ1) is 12.2. The molecular weight excluding hydrogens is 322 g/mol. The average molecular weight is 341 g/mol. The van der Waals surface area contributed by atoms with E-state index in [1.54, 1.807) is 18.3 Å². The van der Waals surface area contributed by atoms with E-state index in [-0.39, 0.29) is 17.5 Å². The van der Waals surface area contributed by atoms with Crippen molar-refractivity contribution >= 4 is 23.3 Å². The lowest BCUT2D eigenvalue weighted by atomic mass is 9.85. The van der Waals surface area contributed by atoms with Crippen LogP contribution in [-0.2, 0) is 4.79 Å². The van der Waals surface area contributed by atoms with Crippen molar-refractivity contribution in [2.24, 2.45) is 0 Å². The van der Waals surface area contributed by atoms with Gasteiger partial charge in [-0.25, -0.2) is 9.97 Å². The molecule has 2 amide bonds. The Hall–Kier alpha value is -2.90. The van der Waals surface area contributed by atoms with Crippen molar-refractivity contribution in [2.75, 3.05) is 29.9 Å². The maximum atomic E-state index is 12.3. The van der Waals surface area contributed by atoms with Gasteiger partial charge in [0, 0.05) is 19.0 Å². The summed E-state index contributed by atoms with van der Waals surface area (Å²) in [5.41, 5.74) is 0.849. The molecular formula is C17H19N5O3. The minimum Gasteiger partial charge on any atom is -0.448 e. The Kier molecular flexibility index (Phi) is 4.09. The smallest absolute Gasteiger partial charge is 0.277 e. The third-order valence-electron chi connectivity index (χ3n) is 4.58. The number of rotatable bonds is 4. The first-order valence-electron chi connectivity index (χ1n) is 8.43. The van der Waals surface area contributed by atoms with Gasteiger partial charge in [0.1, 0.15) is 12.1 Å². The Balaban J connectivity index is 1.39. The third-order valence-corrected chi connectivity index (χ3v) is 4.58. The second-order valence-corrected chi connectivity index (χ2v) is 6.33. The molecule has 0 spiro atoms. The lowest BCUT2D eigenvalue weighted by molar-refractivity contribution is -0.120. The lowest BCUT2D eigenvalue weighted by Gasteiger charge is -2.27. The summed E-state index contributed by atoms with van der Waals surface area (Å²) in [7, 11) is 0. The molecule has 2 aliphatic rings. The molecule has 130 valence electrons. The topological polar surface area (TPSA) is 100 Å². The van der Waals surface area contributed by atoms with Gasteiger partial charge < -0.3 is 20.0 Å². The molecule has 4 rings (SSSR count).